The lowest BCUT2D eigenvalue weighted by atomic mass is 10.1. The number of ether oxygens (including phenoxy) is 1. The minimum atomic E-state index is -0.392. The molecule has 1 aromatic carbocycles. The quantitative estimate of drug-likeness (QED) is 0.801. The third-order valence-electron chi connectivity index (χ3n) is 3.35. The van der Waals surface area contributed by atoms with Gasteiger partial charge in [-0.1, -0.05) is 11.8 Å². The highest BCUT2D eigenvalue weighted by molar-refractivity contribution is 8.14. The van der Waals surface area contributed by atoms with Crippen LogP contribution in [0.5, 0.6) is 0 Å². The number of anilines is 1. The van der Waals surface area contributed by atoms with E-state index in [0.29, 0.717) is 18.5 Å². The van der Waals surface area contributed by atoms with E-state index in [-0.39, 0.29) is 16.3 Å². The number of rotatable bonds is 3. The smallest absolute Gasteiger partial charge is 0.338 e. The van der Waals surface area contributed by atoms with E-state index in [9.17, 15) is 14.4 Å². The highest BCUT2D eigenvalue weighted by Crippen LogP contribution is 2.29. The molecule has 6 heteroatoms. The maximum atomic E-state index is 12.1. The Kier molecular flexibility index (Phi) is 4.67. The molecule has 1 aliphatic heterocycles. The molecule has 0 aromatic heterocycles. The van der Waals surface area contributed by atoms with Crippen molar-refractivity contribution in [3.05, 3.63) is 29.3 Å². The van der Waals surface area contributed by atoms with Gasteiger partial charge < -0.3 is 9.64 Å². The Morgan fingerprint density at radius 3 is 2.67 bits per heavy atom. The number of aryl methyl sites for hydroxylation is 1. The Bertz CT molecular complexity index is 599. The van der Waals surface area contributed by atoms with Gasteiger partial charge in [-0.05, 0) is 30.7 Å². The van der Waals surface area contributed by atoms with E-state index in [0.717, 1.165) is 11.3 Å². The minimum Gasteiger partial charge on any atom is -0.465 e. The van der Waals surface area contributed by atoms with Crippen molar-refractivity contribution in [1.29, 1.82) is 0 Å². The summed E-state index contributed by atoms with van der Waals surface area (Å²) in [5, 5.41) is 0.0162. The Balaban J connectivity index is 2.19. The van der Waals surface area contributed by atoms with Crippen molar-refractivity contribution in [3.8, 4) is 0 Å². The molecule has 5 nitrogen and oxygen atoms in total. The zero-order valence-corrected chi connectivity index (χ0v) is 13.0. The standard InChI is InChI=1S/C15H17NO4S/c1-9-6-11(4-5-13(9)15(19)20-3)16-8-12(7-14(16)18)21-10(2)17/h4-6,12H,7-8H2,1-3H3. The molecule has 0 saturated carbocycles. The summed E-state index contributed by atoms with van der Waals surface area (Å²) in [5.74, 6) is -0.393. The van der Waals surface area contributed by atoms with Gasteiger partial charge in [-0.2, -0.15) is 0 Å². The van der Waals surface area contributed by atoms with E-state index in [1.807, 2.05) is 0 Å². The SMILES string of the molecule is COC(=O)c1ccc(N2CC(SC(C)=O)CC2=O)cc1C. The lowest BCUT2D eigenvalue weighted by molar-refractivity contribution is -0.117. The number of nitrogens with zero attached hydrogens (tertiary/aromatic N) is 1. The van der Waals surface area contributed by atoms with Crippen molar-refractivity contribution in [2.24, 2.45) is 0 Å². The summed E-state index contributed by atoms with van der Waals surface area (Å²) in [5.41, 5.74) is 1.99. The number of methoxy groups -OCH3 is 1. The van der Waals surface area contributed by atoms with Crippen LogP contribution in [-0.2, 0) is 14.3 Å². The molecule has 0 aliphatic carbocycles. The third-order valence-corrected chi connectivity index (χ3v) is 4.33. The third kappa shape index (κ3) is 3.44. The van der Waals surface area contributed by atoms with Crippen LogP contribution in [0, 0.1) is 6.92 Å². The number of hydrogen-bond donors (Lipinski definition) is 0. The maximum absolute atomic E-state index is 12.1. The Morgan fingerprint density at radius 1 is 1.38 bits per heavy atom. The lowest BCUT2D eigenvalue weighted by Crippen LogP contribution is -2.25. The Labute approximate surface area is 127 Å². The molecule has 21 heavy (non-hydrogen) atoms. The first-order valence-corrected chi connectivity index (χ1v) is 7.47. The van der Waals surface area contributed by atoms with Crippen LogP contribution in [0.25, 0.3) is 0 Å². The fourth-order valence-corrected chi connectivity index (χ4v) is 3.31. The number of carbonyl (C=O) groups is 3. The molecular formula is C15H17NO4S. The molecule has 0 N–H and O–H groups in total. The molecular weight excluding hydrogens is 290 g/mol. The van der Waals surface area contributed by atoms with Crippen LogP contribution in [0.15, 0.2) is 18.2 Å². The first kappa shape index (κ1) is 15.6. The van der Waals surface area contributed by atoms with Gasteiger partial charge in [-0.3, -0.25) is 9.59 Å². The second-order valence-electron chi connectivity index (χ2n) is 4.93. The Morgan fingerprint density at radius 2 is 2.10 bits per heavy atom. The van der Waals surface area contributed by atoms with Gasteiger partial charge in [0.15, 0.2) is 5.12 Å². The van der Waals surface area contributed by atoms with Crippen LogP contribution < -0.4 is 4.90 Å². The summed E-state index contributed by atoms with van der Waals surface area (Å²) in [6.07, 6.45) is 0.363. The molecule has 2 rings (SSSR count). The molecule has 1 heterocycles. The van der Waals surface area contributed by atoms with Gasteiger partial charge in [0.05, 0.1) is 12.7 Å². The van der Waals surface area contributed by atoms with Crippen LogP contribution in [-0.4, -0.2) is 35.9 Å². The van der Waals surface area contributed by atoms with Gasteiger partial charge in [0, 0.05) is 30.8 Å². The average Bonchev–Trinajstić information content (AvgIpc) is 2.77. The lowest BCUT2D eigenvalue weighted by Gasteiger charge is -2.18. The number of esters is 1. The molecule has 112 valence electrons. The molecule has 1 atom stereocenters. The minimum absolute atomic E-state index is 0.000956. The van der Waals surface area contributed by atoms with Gasteiger partial charge in [-0.15, -0.1) is 0 Å². The van der Waals surface area contributed by atoms with E-state index in [1.54, 1.807) is 30.0 Å². The first-order chi connectivity index (χ1) is 9.92. The molecule has 1 amide bonds. The number of benzene rings is 1. The molecule has 1 saturated heterocycles. The molecule has 0 bridgehead atoms. The summed E-state index contributed by atoms with van der Waals surface area (Å²) in [4.78, 5) is 36.4. The van der Waals surface area contributed by atoms with Crippen LogP contribution in [0.1, 0.15) is 29.3 Å². The van der Waals surface area contributed by atoms with E-state index < -0.39 is 5.97 Å². The van der Waals surface area contributed by atoms with Gasteiger partial charge >= 0.3 is 5.97 Å². The average molecular weight is 307 g/mol. The number of thioether (sulfide) groups is 1. The van der Waals surface area contributed by atoms with Crippen LogP contribution in [0.2, 0.25) is 0 Å². The summed E-state index contributed by atoms with van der Waals surface area (Å²) in [6.45, 7) is 3.82. The van der Waals surface area contributed by atoms with Crippen molar-refractivity contribution in [3.63, 3.8) is 0 Å². The van der Waals surface area contributed by atoms with E-state index in [4.69, 9.17) is 4.74 Å². The number of carbonyl (C=O) groups excluding carboxylic acids is 3. The van der Waals surface area contributed by atoms with Gasteiger partial charge in [0.1, 0.15) is 0 Å². The summed E-state index contributed by atoms with van der Waals surface area (Å²) >= 11 is 1.20. The predicted octanol–water partition coefficient (Wildman–Crippen LogP) is 2.17. The normalized spacial score (nSPS) is 18.0. The molecule has 1 fully saturated rings. The van der Waals surface area contributed by atoms with E-state index in [2.05, 4.69) is 0 Å². The fourth-order valence-electron chi connectivity index (χ4n) is 2.39. The fraction of sp³-hybridized carbons (Fsp3) is 0.400. The summed E-state index contributed by atoms with van der Waals surface area (Å²) < 4.78 is 4.70. The number of hydrogen-bond acceptors (Lipinski definition) is 5. The van der Waals surface area contributed by atoms with Gasteiger partial charge in [0.2, 0.25) is 5.91 Å². The van der Waals surface area contributed by atoms with Crippen molar-refractivity contribution < 1.29 is 19.1 Å². The second-order valence-corrected chi connectivity index (χ2v) is 6.41. The largest absolute Gasteiger partial charge is 0.465 e. The monoisotopic (exact) mass is 307 g/mol. The zero-order valence-electron chi connectivity index (χ0n) is 12.2. The highest BCUT2D eigenvalue weighted by Gasteiger charge is 2.32. The van der Waals surface area contributed by atoms with Crippen molar-refractivity contribution in [2.75, 3.05) is 18.6 Å². The number of amides is 1. The molecule has 1 aliphatic rings. The molecule has 0 radical (unpaired) electrons. The molecule has 1 aromatic rings. The molecule has 0 spiro atoms. The zero-order chi connectivity index (χ0) is 15.6. The Hall–Kier alpha value is -1.82. The van der Waals surface area contributed by atoms with Crippen molar-refractivity contribution in [1.82, 2.24) is 0 Å². The van der Waals surface area contributed by atoms with Gasteiger partial charge in [-0.25, -0.2) is 4.79 Å². The van der Waals surface area contributed by atoms with E-state index in [1.165, 1.54) is 25.8 Å². The van der Waals surface area contributed by atoms with Crippen LogP contribution >= 0.6 is 11.8 Å². The second kappa shape index (κ2) is 6.30. The van der Waals surface area contributed by atoms with Crippen molar-refractivity contribution in [2.45, 2.75) is 25.5 Å². The van der Waals surface area contributed by atoms with Crippen LogP contribution in [0.4, 0.5) is 5.69 Å². The summed E-state index contributed by atoms with van der Waals surface area (Å²) in [7, 11) is 1.34. The topological polar surface area (TPSA) is 63.7 Å². The predicted molar refractivity (Wildman–Crippen MR) is 81.5 cm³/mol. The van der Waals surface area contributed by atoms with Gasteiger partial charge in [0.25, 0.3) is 0 Å². The first-order valence-electron chi connectivity index (χ1n) is 6.59. The maximum Gasteiger partial charge on any atom is 0.338 e. The van der Waals surface area contributed by atoms with E-state index >= 15 is 0 Å². The molecule has 1 unspecified atom stereocenters. The van der Waals surface area contributed by atoms with Crippen molar-refractivity contribution >= 4 is 34.4 Å². The van der Waals surface area contributed by atoms with Crippen LogP contribution in [0.3, 0.4) is 0 Å². The summed E-state index contributed by atoms with van der Waals surface area (Å²) in [6, 6.07) is 5.19. The highest BCUT2D eigenvalue weighted by atomic mass is 32.2.